The molecule has 0 fully saturated rings. The lowest BCUT2D eigenvalue weighted by atomic mass is 10.2. The molecule has 0 saturated heterocycles. The van der Waals surface area contributed by atoms with Crippen LogP contribution < -0.4 is 0 Å². The summed E-state index contributed by atoms with van der Waals surface area (Å²) in [7, 11) is 0. The second kappa shape index (κ2) is 11.5. The average Bonchev–Trinajstić information content (AvgIpc) is 3.17. The molecule has 0 spiro atoms. The van der Waals surface area contributed by atoms with E-state index in [9.17, 15) is 9.50 Å². The van der Waals surface area contributed by atoms with Crippen molar-refractivity contribution in [3.05, 3.63) is 108 Å². The van der Waals surface area contributed by atoms with Crippen LogP contribution in [0.15, 0.2) is 85.6 Å². The molecular formula is C25H29FN2O2. The molecule has 3 rings (SSSR count). The minimum atomic E-state index is -0.608. The summed E-state index contributed by atoms with van der Waals surface area (Å²) >= 11 is 0. The van der Waals surface area contributed by atoms with Crippen LogP contribution in [0, 0.1) is 5.82 Å². The SMILES string of the molecule is C=CCN(Cc1cccn1Cc1ccccc1F)C[C@H](O)COCc1ccccc1. The van der Waals surface area contributed by atoms with Crippen molar-refractivity contribution < 1.29 is 14.2 Å². The van der Waals surface area contributed by atoms with Crippen LogP contribution in [0.2, 0.25) is 0 Å². The summed E-state index contributed by atoms with van der Waals surface area (Å²) in [6, 6.07) is 20.7. The Labute approximate surface area is 177 Å². The molecule has 0 saturated carbocycles. The minimum Gasteiger partial charge on any atom is -0.389 e. The predicted molar refractivity (Wildman–Crippen MR) is 118 cm³/mol. The highest BCUT2D eigenvalue weighted by atomic mass is 19.1. The topological polar surface area (TPSA) is 37.6 Å². The van der Waals surface area contributed by atoms with Gasteiger partial charge in [-0.1, -0.05) is 54.6 Å². The minimum absolute atomic E-state index is 0.203. The molecule has 158 valence electrons. The first-order valence-electron chi connectivity index (χ1n) is 10.2. The summed E-state index contributed by atoms with van der Waals surface area (Å²) in [4.78, 5) is 2.11. The molecule has 2 aromatic carbocycles. The third-order valence-electron chi connectivity index (χ3n) is 4.89. The summed E-state index contributed by atoms with van der Waals surface area (Å²) in [6.07, 6.45) is 3.17. The Hall–Kier alpha value is -2.73. The summed E-state index contributed by atoms with van der Waals surface area (Å²) in [6.45, 7) is 6.77. The van der Waals surface area contributed by atoms with Crippen molar-refractivity contribution in [3.63, 3.8) is 0 Å². The van der Waals surface area contributed by atoms with Gasteiger partial charge in [-0.25, -0.2) is 4.39 Å². The van der Waals surface area contributed by atoms with E-state index in [1.807, 2.05) is 65.4 Å². The third kappa shape index (κ3) is 6.66. The van der Waals surface area contributed by atoms with E-state index >= 15 is 0 Å². The monoisotopic (exact) mass is 408 g/mol. The molecule has 5 heteroatoms. The fourth-order valence-electron chi connectivity index (χ4n) is 3.41. The van der Waals surface area contributed by atoms with E-state index in [-0.39, 0.29) is 12.4 Å². The van der Waals surface area contributed by atoms with Crippen LogP contribution >= 0.6 is 0 Å². The second-order valence-corrected chi connectivity index (χ2v) is 7.36. The Morgan fingerprint density at radius 1 is 1.07 bits per heavy atom. The Balaban J connectivity index is 1.54. The number of aliphatic hydroxyl groups excluding tert-OH is 1. The summed E-state index contributed by atoms with van der Waals surface area (Å²) < 4.78 is 21.7. The van der Waals surface area contributed by atoms with Crippen LogP contribution in [0.25, 0.3) is 0 Å². The quantitative estimate of drug-likeness (QED) is 0.456. The smallest absolute Gasteiger partial charge is 0.128 e. The molecule has 0 radical (unpaired) electrons. The first-order chi connectivity index (χ1) is 14.7. The second-order valence-electron chi connectivity index (χ2n) is 7.36. The summed E-state index contributed by atoms with van der Waals surface area (Å²) in [5.74, 6) is -0.203. The molecule has 0 aliphatic carbocycles. The van der Waals surface area contributed by atoms with Crippen molar-refractivity contribution in [2.75, 3.05) is 19.7 Å². The lowest BCUT2D eigenvalue weighted by Gasteiger charge is -2.24. The van der Waals surface area contributed by atoms with Crippen LogP contribution in [-0.2, 0) is 24.4 Å². The highest BCUT2D eigenvalue weighted by Gasteiger charge is 2.14. The van der Waals surface area contributed by atoms with Gasteiger partial charge in [-0.05, 0) is 23.8 Å². The molecule has 1 heterocycles. The summed E-state index contributed by atoms with van der Waals surface area (Å²) in [5, 5.41) is 10.4. The number of rotatable bonds is 12. The molecule has 0 amide bonds. The number of hydrogen-bond donors (Lipinski definition) is 1. The molecule has 0 aliphatic heterocycles. The van der Waals surface area contributed by atoms with Crippen molar-refractivity contribution in [1.29, 1.82) is 0 Å². The largest absolute Gasteiger partial charge is 0.389 e. The molecule has 3 aromatic rings. The lowest BCUT2D eigenvalue weighted by Crippen LogP contribution is -2.35. The molecule has 4 nitrogen and oxygen atoms in total. The molecule has 1 atom stereocenters. The van der Waals surface area contributed by atoms with Gasteiger partial charge < -0.3 is 14.4 Å². The number of aliphatic hydroxyl groups is 1. The summed E-state index contributed by atoms with van der Waals surface area (Å²) in [5.41, 5.74) is 2.79. The van der Waals surface area contributed by atoms with Crippen LogP contribution in [0.1, 0.15) is 16.8 Å². The average molecular weight is 409 g/mol. The zero-order valence-corrected chi connectivity index (χ0v) is 17.2. The third-order valence-corrected chi connectivity index (χ3v) is 4.89. The van der Waals surface area contributed by atoms with Gasteiger partial charge in [-0.3, -0.25) is 4.90 Å². The maximum Gasteiger partial charge on any atom is 0.128 e. The molecule has 0 unspecified atom stereocenters. The number of ether oxygens (including phenoxy) is 1. The molecule has 0 aliphatic rings. The van der Waals surface area contributed by atoms with E-state index in [2.05, 4.69) is 11.5 Å². The van der Waals surface area contributed by atoms with Crippen LogP contribution in [0.5, 0.6) is 0 Å². The fourth-order valence-corrected chi connectivity index (χ4v) is 3.41. The number of aromatic nitrogens is 1. The molecular weight excluding hydrogens is 379 g/mol. The van der Waals surface area contributed by atoms with Crippen molar-refractivity contribution in [3.8, 4) is 0 Å². The number of halogens is 1. The van der Waals surface area contributed by atoms with Gasteiger partial charge in [0.25, 0.3) is 0 Å². The van der Waals surface area contributed by atoms with Gasteiger partial charge in [-0.2, -0.15) is 0 Å². The standard InChI is InChI=1S/C25H29FN2O2/c1-2-14-27(18-24(29)20-30-19-21-9-4-3-5-10-21)17-23-12-8-15-28(23)16-22-11-6-7-13-25(22)26/h2-13,15,24,29H,1,14,16-20H2/t24-/m0/s1. The van der Waals surface area contributed by atoms with E-state index in [4.69, 9.17) is 4.74 Å². The Morgan fingerprint density at radius 3 is 2.60 bits per heavy atom. The van der Waals surface area contributed by atoms with Gasteiger partial charge in [0, 0.05) is 37.1 Å². The fraction of sp³-hybridized carbons (Fsp3) is 0.280. The Morgan fingerprint density at radius 2 is 1.83 bits per heavy atom. The van der Waals surface area contributed by atoms with Gasteiger partial charge in [-0.15, -0.1) is 6.58 Å². The van der Waals surface area contributed by atoms with Crippen molar-refractivity contribution in [1.82, 2.24) is 9.47 Å². The van der Waals surface area contributed by atoms with Crippen LogP contribution in [-0.4, -0.2) is 40.4 Å². The molecule has 1 aromatic heterocycles. The predicted octanol–water partition coefficient (Wildman–Crippen LogP) is 4.24. The van der Waals surface area contributed by atoms with Gasteiger partial charge in [0.1, 0.15) is 5.82 Å². The van der Waals surface area contributed by atoms with Crippen LogP contribution in [0.4, 0.5) is 4.39 Å². The highest BCUT2D eigenvalue weighted by Crippen LogP contribution is 2.13. The lowest BCUT2D eigenvalue weighted by molar-refractivity contribution is 0.0101. The number of benzene rings is 2. The maximum atomic E-state index is 14.0. The van der Waals surface area contributed by atoms with Crippen molar-refractivity contribution >= 4 is 0 Å². The van der Waals surface area contributed by atoms with E-state index in [0.717, 1.165) is 11.3 Å². The van der Waals surface area contributed by atoms with Gasteiger partial charge in [0.05, 0.1) is 25.9 Å². The molecule has 30 heavy (non-hydrogen) atoms. The maximum absolute atomic E-state index is 14.0. The first-order valence-corrected chi connectivity index (χ1v) is 10.2. The Bertz CT molecular complexity index is 910. The van der Waals surface area contributed by atoms with Gasteiger partial charge in [0.2, 0.25) is 0 Å². The van der Waals surface area contributed by atoms with Crippen molar-refractivity contribution in [2.24, 2.45) is 0 Å². The Kier molecular flexibility index (Phi) is 8.39. The zero-order valence-electron chi connectivity index (χ0n) is 17.2. The van der Waals surface area contributed by atoms with E-state index in [1.165, 1.54) is 6.07 Å². The van der Waals surface area contributed by atoms with E-state index < -0.39 is 6.10 Å². The highest BCUT2D eigenvalue weighted by molar-refractivity contribution is 5.19. The molecule has 0 bridgehead atoms. The number of hydrogen-bond acceptors (Lipinski definition) is 3. The van der Waals surface area contributed by atoms with Gasteiger partial charge in [0.15, 0.2) is 0 Å². The zero-order chi connectivity index (χ0) is 21.2. The van der Waals surface area contributed by atoms with E-state index in [0.29, 0.717) is 38.3 Å². The van der Waals surface area contributed by atoms with Gasteiger partial charge >= 0.3 is 0 Å². The first kappa shape index (κ1) is 22.0. The van der Waals surface area contributed by atoms with Crippen molar-refractivity contribution in [2.45, 2.75) is 25.8 Å². The number of nitrogens with zero attached hydrogens (tertiary/aromatic N) is 2. The van der Waals surface area contributed by atoms with E-state index in [1.54, 1.807) is 12.1 Å². The normalized spacial score (nSPS) is 12.2. The molecule has 1 N–H and O–H groups in total. The van der Waals surface area contributed by atoms with Crippen LogP contribution in [0.3, 0.4) is 0 Å².